The second-order valence-electron chi connectivity index (χ2n) is 7.27. The minimum absolute atomic E-state index is 0.0217. The van der Waals surface area contributed by atoms with Gasteiger partial charge >= 0.3 is 0 Å². The lowest BCUT2D eigenvalue weighted by atomic mass is 9.92. The third-order valence-electron chi connectivity index (χ3n) is 5.03. The Balaban J connectivity index is 0.000000858. The summed E-state index contributed by atoms with van der Waals surface area (Å²) in [5.41, 5.74) is 5.08. The van der Waals surface area contributed by atoms with Gasteiger partial charge in [0.1, 0.15) is 0 Å². The van der Waals surface area contributed by atoms with Crippen molar-refractivity contribution in [2.45, 2.75) is 26.3 Å². The molecule has 0 saturated carbocycles. The predicted octanol–water partition coefficient (Wildman–Crippen LogP) is 1.90. The van der Waals surface area contributed by atoms with E-state index in [0.717, 1.165) is 22.5 Å². The summed E-state index contributed by atoms with van der Waals surface area (Å²) in [5, 5.41) is 13.9. The molecule has 10 nitrogen and oxygen atoms in total. The highest BCUT2D eigenvalue weighted by atomic mass is 16.3. The van der Waals surface area contributed by atoms with E-state index in [1.54, 1.807) is 23.1 Å². The van der Waals surface area contributed by atoms with Gasteiger partial charge in [0.15, 0.2) is 0 Å². The van der Waals surface area contributed by atoms with E-state index in [1.165, 1.54) is 6.92 Å². The first-order valence-electron chi connectivity index (χ1n) is 9.60. The fraction of sp³-hybridized carbons (Fsp3) is 0.286. The van der Waals surface area contributed by atoms with Crippen LogP contribution in [0.2, 0.25) is 0 Å². The van der Waals surface area contributed by atoms with Gasteiger partial charge in [-0.1, -0.05) is 0 Å². The number of nitrogens with one attached hydrogen (secondary N) is 2. The van der Waals surface area contributed by atoms with Crippen LogP contribution < -0.4 is 5.32 Å². The zero-order valence-corrected chi connectivity index (χ0v) is 17.5. The average Bonchev–Trinajstić information content (AvgIpc) is 3.35. The Hall–Kier alpha value is -3.95. The van der Waals surface area contributed by atoms with Crippen molar-refractivity contribution in [2.75, 3.05) is 11.9 Å². The van der Waals surface area contributed by atoms with E-state index >= 15 is 0 Å². The van der Waals surface area contributed by atoms with Gasteiger partial charge in [0.2, 0.25) is 5.91 Å². The van der Waals surface area contributed by atoms with E-state index in [-0.39, 0.29) is 24.2 Å². The number of amides is 2. The summed E-state index contributed by atoms with van der Waals surface area (Å²) >= 11 is 0. The SMILES string of the molecule is CC(=O)Nc1ccc(C(=O)N2Cc3[nH]cnc3C(c3cnn(C)c3)C2)c(C)c1.O=CO. The van der Waals surface area contributed by atoms with E-state index < -0.39 is 0 Å². The first-order valence-corrected chi connectivity index (χ1v) is 9.60. The van der Waals surface area contributed by atoms with Gasteiger partial charge in [0.05, 0.1) is 30.5 Å². The fourth-order valence-electron chi connectivity index (χ4n) is 3.71. The number of aromatic nitrogens is 4. The maximum Gasteiger partial charge on any atom is 0.290 e. The molecule has 0 fully saturated rings. The van der Waals surface area contributed by atoms with E-state index in [4.69, 9.17) is 9.90 Å². The van der Waals surface area contributed by atoms with Crippen molar-refractivity contribution in [1.82, 2.24) is 24.6 Å². The highest BCUT2D eigenvalue weighted by Crippen LogP contribution is 2.32. The minimum atomic E-state index is -0.250. The molecule has 3 aromatic rings. The molecule has 0 bridgehead atoms. The summed E-state index contributed by atoms with van der Waals surface area (Å²) in [6, 6.07) is 5.34. The largest absolute Gasteiger partial charge is 0.483 e. The number of carboxylic acid groups (broad SMARTS) is 1. The molecule has 1 atom stereocenters. The van der Waals surface area contributed by atoms with Crippen molar-refractivity contribution in [2.24, 2.45) is 7.05 Å². The van der Waals surface area contributed by atoms with Crippen molar-refractivity contribution < 1.29 is 19.5 Å². The van der Waals surface area contributed by atoms with Gasteiger partial charge in [0.25, 0.3) is 12.4 Å². The number of hydrogen-bond acceptors (Lipinski definition) is 5. The van der Waals surface area contributed by atoms with Gasteiger partial charge in [0, 0.05) is 49.4 Å². The highest BCUT2D eigenvalue weighted by molar-refractivity contribution is 5.97. The summed E-state index contributed by atoms with van der Waals surface area (Å²) < 4.78 is 1.76. The number of hydrogen-bond donors (Lipinski definition) is 3. The number of imidazole rings is 1. The molecule has 162 valence electrons. The van der Waals surface area contributed by atoms with Crippen LogP contribution in [0, 0.1) is 6.92 Å². The molecule has 2 aromatic heterocycles. The van der Waals surface area contributed by atoms with Gasteiger partial charge in [-0.2, -0.15) is 5.10 Å². The Morgan fingerprint density at radius 1 is 1.35 bits per heavy atom. The quantitative estimate of drug-likeness (QED) is 0.550. The number of carbonyl (C=O) groups is 3. The van der Waals surface area contributed by atoms with Crippen molar-refractivity contribution >= 4 is 24.0 Å². The van der Waals surface area contributed by atoms with Crippen molar-refractivity contribution in [1.29, 1.82) is 0 Å². The Morgan fingerprint density at radius 3 is 2.71 bits per heavy atom. The standard InChI is InChI=1S/C20H22N6O2.CH2O2/c1-12-6-15(24-13(2)27)4-5-16(12)20(28)26-9-17(14-7-23-25(3)8-14)19-18(10-26)21-11-22-19;2-1-3/h4-8,11,17H,9-10H2,1-3H3,(H,21,22)(H,24,27);1H,(H,2,3). The van der Waals surface area contributed by atoms with Gasteiger partial charge < -0.3 is 20.3 Å². The zero-order chi connectivity index (χ0) is 22.5. The van der Waals surface area contributed by atoms with Crippen LogP contribution in [0.4, 0.5) is 5.69 Å². The molecule has 1 aliphatic heterocycles. The second kappa shape index (κ2) is 9.24. The molecular weight excluding hydrogens is 400 g/mol. The molecule has 1 unspecified atom stereocenters. The lowest BCUT2D eigenvalue weighted by Crippen LogP contribution is -2.39. The zero-order valence-electron chi connectivity index (χ0n) is 17.5. The summed E-state index contributed by atoms with van der Waals surface area (Å²) in [7, 11) is 1.88. The Kier molecular flexibility index (Phi) is 6.49. The topological polar surface area (TPSA) is 133 Å². The molecule has 31 heavy (non-hydrogen) atoms. The van der Waals surface area contributed by atoms with Gasteiger partial charge in [-0.05, 0) is 30.7 Å². The first-order chi connectivity index (χ1) is 14.8. The smallest absolute Gasteiger partial charge is 0.290 e. The molecule has 0 spiro atoms. The van der Waals surface area contributed by atoms with Crippen molar-refractivity contribution in [3.63, 3.8) is 0 Å². The summed E-state index contributed by atoms with van der Waals surface area (Å²) in [4.78, 5) is 42.3. The summed E-state index contributed by atoms with van der Waals surface area (Å²) in [6.45, 7) is 4.11. The van der Waals surface area contributed by atoms with Gasteiger partial charge in [-0.3, -0.25) is 19.1 Å². The molecule has 3 heterocycles. The number of aryl methyl sites for hydroxylation is 2. The van der Waals surface area contributed by atoms with Crippen LogP contribution in [0.25, 0.3) is 0 Å². The molecule has 2 amide bonds. The van der Waals surface area contributed by atoms with Gasteiger partial charge in [-0.25, -0.2) is 4.98 Å². The molecule has 1 aromatic carbocycles. The van der Waals surface area contributed by atoms with E-state index in [9.17, 15) is 9.59 Å². The summed E-state index contributed by atoms with van der Waals surface area (Å²) in [6.07, 6.45) is 5.46. The summed E-state index contributed by atoms with van der Waals surface area (Å²) in [5.74, 6) is -0.201. The third-order valence-corrected chi connectivity index (χ3v) is 5.03. The molecule has 10 heteroatoms. The third kappa shape index (κ3) is 4.80. The van der Waals surface area contributed by atoms with Crippen molar-refractivity contribution in [3.05, 3.63) is 65.0 Å². The average molecular weight is 424 g/mol. The second-order valence-corrected chi connectivity index (χ2v) is 7.27. The number of carbonyl (C=O) groups excluding carboxylic acids is 2. The molecule has 0 saturated heterocycles. The van der Waals surface area contributed by atoms with E-state index in [1.807, 2.05) is 37.3 Å². The van der Waals surface area contributed by atoms with E-state index in [2.05, 4.69) is 20.4 Å². The highest BCUT2D eigenvalue weighted by Gasteiger charge is 2.32. The predicted molar refractivity (Wildman–Crippen MR) is 113 cm³/mol. The van der Waals surface area contributed by atoms with Crippen LogP contribution in [-0.2, 0) is 23.2 Å². The van der Waals surface area contributed by atoms with Crippen LogP contribution >= 0.6 is 0 Å². The number of fused-ring (bicyclic) bond motifs is 1. The molecule has 1 aliphatic rings. The number of rotatable bonds is 3. The van der Waals surface area contributed by atoms with Crippen molar-refractivity contribution in [3.8, 4) is 0 Å². The Bertz CT molecular complexity index is 1100. The molecule has 4 rings (SSSR count). The van der Waals surface area contributed by atoms with Crippen LogP contribution in [0.5, 0.6) is 0 Å². The lowest BCUT2D eigenvalue weighted by Gasteiger charge is -2.32. The molecule has 0 aliphatic carbocycles. The number of benzene rings is 1. The lowest BCUT2D eigenvalue weighted by molar-refractivity contribution is -0.123. The Morgan fingerprint density at radius 2 is 2.10 bits per heavy atom. The monoisotopic (exact) mass is 424 g/mol. The molecular formula is C21H24N6O4. The normalized spacial score (nSPS) is 14.8. The number of anilines is 1. The molecule has 0 radical (unpaired) electrons. The number of nitrogens with zero attached hydrogens (tertiary/aromatic N) is 4. The Labute approximate surface area is 178 Å². The number of H-pyrrole nitrogens is 1. The van der Waals surface area contributed by atoms with Crippen LogP contribution in [0.15, 0.2) is 36.9 Å². The fourth-order valence-corrected chi connectivity index (χ4v) is 3.71. The molecule has 3 N–H and O–H groups in total. The maximum atomic E-state index is 13.3. The van der Waals surface area contributed by atoms with Crippen LogP contribution in [0.3, 0.4) is 0 Å². The van der Waals surface area contributed by atoms with E-state index in [0.29, 0.717) is 24.3 Å². The van der Waals surface area contributed by atoms with Gasteiger partial charge in [-0.15, -0.1) is 0 Å². The maximum absolute atomic E-state index is 13.3. The number of aromatic amines is 1. The minimum Gasteiger partial charge on any atom is -0.483 e. The van der Waals surface area contributed by atoms with Crippen LogP contribution in [0.1, 0.15) is 45.7 Å². The first kappa shape index (κ1) is 21.8. The van der Waals surface area contributed by atoms with Crippen LogP contribution in [-0.4, -0.2) is 54.6 Å².